The average Bonchev–Trinajstić information content (AvgIpc) is 2.56. The molecule has 0 bridgehead atoms. The molecule has 1 N–H and O–H groups in total. The van der Waals surface area contributed by atoms with E-state index in [9.17, 15) is 14.3 Å². The van der Waals surface area contributed by atoms with Crippen LogP contribution in [0.25, 0.3) is 6.08 Å². The number of aromatic hydroxyl groups is 1. The smallest absolute Gasteiger partial charge is 0.200 e. The summed E-state index contributed by atoms with van der Waals surface area (Å²) in [5.74, 6) is -0.993. The summed E-state index contributed by atoms with van der Waals surface area (Å²) in [5.41, 5.74) is 0.535. The Labute approximate surface area is 148 Å². The van der Waals surface area contributed by atoms with Gasteiger partial charge in [-0.05, 0) is 35.9 Å². The average molecular weight is 371 g/mol. The molecule has 4 nitrogen and oxygen atoms in total. The lowest BCUT2D eigenvalue weighted by Gasteiger charge is -2.09. The van der Waals surface area contributed by atoms with Gasteiger partial charge >= 0.3 is 0 Å². The number of carbonyl (C=O) groups excluding carboxylic acids is 1. The predicted octanol–water partition coefficient (Wildman–Crippen LogP) is 4.75. The third kappa shape index (κ3) is 3.80. The maximum absolute atomic E-state index is 13.5. The van der Waals surface area contributed by atoms with Gasteiger partial charge < -0.3 is 14.6 Å². The normalized spacial score (nSPS) is 10.9. The van der Waals surface area contributed by atoms with Crippen LogP contribution >= 0.6 is 23.2 Å². The first kappa shape index (κ1) is 18.1. The monoisotopic (exact) mass is 370 g/mol. The lowest BCUT2D eigenvalue weighted by molar-refractivity contribution is 0.104. The minimum atomic E-state index is -0.731. The number of benzene rings is 2. The van der Waals surface area contributed by atoms with E-state index in [0.717, 1.165) is 6.07 Å². The first-order valence-corrected chi connectivity index (χ1v) is 7.45. The molecule has 0 heterocycles. The summed E-state index contributed by atoms with van der Waals surface area (Å²) >= 11 is 11.5. The van der Waals surface area contributed by atoms with E-state index in [2.05, 4.69) is 0 Å². The molecule has 0 unspecified atom stereocenters. The molecule has 0 amide bonds. The van der Waals surface area contributed by atoms with Crippen molar-refractivity contribution in [2.75, 3.05) is 14.2 Å². The number of halogens is 3. The van der Waals surface area contributed by atoms with Crippen LogP contribution in [0.1, 0.15) is 15.9 Å². The summed E-state index contributed by atoms with van der Waals surface area (Å²) in [6.45, 7) is 0. The van der Waals surface area contributed by atoms with Crippen LogP contribution in [0.4, 0.5) is 4.39 Å². The second kappa shape index (κ2) is 7.55. The number of ketones is 1. The van der Waals surface area contributed by atoms with Gasteiger partial charge in [-0.25, -0.2) is 4.39 Å². The van der Waals surface area contributed by atoms with E-state index in [4.69, 9.17) is 32.7 Å². The molecule has 24 heavy (non-hydrogen) atoms. The Morgan fingerprint density at radius 3 is 2.21 bits per heavy atom. The third-order valence-corrected chi connectivity index (χ3v) is 3.81. The van der Waals surface area contributed by atoms with Crippen LogP contribution in [0.5, 0.6) is 17.2 Å². The maximum atomic E-state index is 13.5. The van der Waals surface area contributed by atoms with E-state index in [1.165, 1.54) is 44.6 Å². The van der Waals surface area contributed by atoms with Gasteiger partial charge in [-0.15, -0.1) is 0 Å². The van der Waals surface area contributed by atoms with Crippen molar-refractivity contribution in [1.29, 1.82) is 0 Å². The van der Waals surface area contributed by atoms with Crippen LogP contribution in [0.2, 0.25) is 10.0 Å². The fourth-order valence-electron chi connectivity index (χ4n) is 1.98. The first-order valence-electron chi connectivity index (χ1n) is 6.69. The molecular weight excluding hydrogens is 358 g/mol. The van der Waals surface area contributed by atoms with Gasteiger partial charge in [0.15, 0.2) is 17.3 Å². The molecule has 0 saturated carbocycles. The van der Waals surface area contributed by atoms with Crippen molar-refractivity contribution >= 4 is 35.1 Å². The highest BCUT2D eigenvalue weighted by Crippen LogP contribution is 2.37. The van der Waals surface area contributed by atoms with Crippen molar-refractivity contribution in [2.45, 2.75) is 0 Å². The van der Waals surface area contributed by atoms with E-state index in [-0.39, 0.29) is 32.9 Å². The summed E-state index contributed by atoms with van der Waals surface area (Å²) < 4.78 is 23.6. The second-order valence-electron chi connectivity index (χ2n) is 4.72. The molecule has 0 radical (unpaired) electrons. The predicted molar refractivity (Wildman–Crippen MR) is 91.0 cm³/mol. The Hall–Kier alpha value is -2.24. The van der Waals surface area contributed by atoms with Gasteiger partial charge in [-0.1, -0.05) is 29.3 Å². The first-order chi connectivity index (χ1) is 11.4. The van der Waals surface area contributed by atoms with E-state index >= 15 is 0 Å². The summed E-state index contributed by atoms with van der Waals surface area (Å²) in [7, 11) is 2.78. The molecule has 2 aromatic rings. The number of hydrogen-bond donors (Lipinski definition) is 1. The number of ether oxygens (including phenoxy) is 2. The number of rotatable bonds is 5. The molecular formula is C17H13Cl2FO4. The number of hydrogen-bond acceptors (Lipinski definition) is 4. The zero-order chi connectivity index (χ0) is 17.9. The number of phenolic OH excluding ortho intramolecular Hbond substituents is 1. The Bertz CT molecular complexity index is 793. The standard InChI is InChI=1S/C17H13Cl2FO4/c1-23-15-5-9(6-16(24-2)17(15)22)3-4-14(21)10-7-13(20)12(19)8-11(10)18/h3-8,22H,1-2H3/b4-3+. The van der Waals surface area contributed by atoms with Crippen LogP contribution in [0, 0.1) is 5.82 Å². The van der Waals surface area contributed by atoms with Crippen LogP contribution in [0.15, 0.2) is 30.3 Å². The van der Waals surface area contributed by atoms with Crippen molar-refractivity contribution in [3.63, 3.8) is 0 Å². The highest BCUT2D eigenvalue weighted by molar-refractivity contribution is 6.37. The number of phenols is 1. The molecule has 0 aromatic heterocycles. The Morgan fingerprint density at radius 2 is 1.67 bits per heavy atom. The number of carbonyl (C=O) groups is 1. The summed E-state index contributed by atoms with van der Waals surface area (Å²) in [6, 6.07) is 5.19. The van der Waals surface area contributed by atoms with E-state index in [1.807, 2.05) is 0 Å². The minimum absolute atomic E-state index is 0.00692. The van der Waals surface area contributed by atoms with Gasteiger partial charge in [0.25, 0.3) is 0 Å². The molecule has 0 saturated heterocycles. The second-order valence-corrected chi connectivity index (χ2v) is 5.53. The zero-order valence-corrected chi connectivity index (χ0v) is 14.3. The number of allylic oxidation sites excluding steroid dienone is 1. The van der Waals surface area contributed by atoms with Crippen molar-refractivity contribution in [3.05, 3.63) is 57.3 Å². The van der Waals surface area contributed by atoms with Crippen molar-refractivity contribution in [2.24, 2.45) is 0 Å². The molecule has 0 aliphatic rings. The zero-order valence-electron chi connectivity index (χ0n) is 12.8. The molecule has 7 heteroatoms. The van der Waals surface area contributed by atoms with Crippen LogP contribution in [-0.4, -0.2) is 25.1 Å². The summed E-state index contributed by atoms with van der Waals surface area (Å²) in [4.78, 5) is 12.2. The Balaban J connectivity index is 2.34. The van der Waals surface area contributed by atoms with Crippen LogP contribution in [0.3, 0.4) is 0 Å². The lowest BCUT2D eigenvalue weighted by atomic mass is 10.1. The Kier molecular flexibility index (Phi) is 5.70. The van der Waals surface area contributed by atoms with E-state index in [1.54, 1.807) is 0 Å². The molecule has 2 rings (SSSR count). The van der Waals surface area contributed by atoms with Crippen molar-refractivity contribution in [1.82, 2.24) is 0 Å². The quantitative estimate of drug-likeness (QED) is 0.468. The highest BCUT2D eigenvalue weighted by atomic mass is 35.5. The largest absolute Gasteiger partial charge is 0.502 e. The molecule has 0 atom stereocenters. The van der Waals surface area contributed by atoms with E-state index in [0.29, 0.717) is 5.56 Å². The van der Waals surface area contributed by atoms with Gasteiger partial charge in [0, 0.05) is 5.56 Å². The fourth-order valence-corrected chi connectivity index (χ4v) is 2.46. The van der Waals surface area contributed by atoms with Crippen molar-refractivity contribution < 1.29 is 23.8 Å². The summed E-state index contributed by atoms with van der Waals surface area (Å²) in [6.07, 6.45) is 2.69. The van der Waals surface area contributed by atoms with Gasteiger partial charge in [0.05, 0.1) is 24.3 Å². The lowest BCUT2D eigenvalue weighted by Crippen LogP contribution is -1.97. The van der Waals surface area contributed by atoms with E-state index < -0.39 is 11.6 Å². The van der Waals surface area contributed by atoms with Gasteiger partial charge in [0.1, 0.15) is 5.82 Å². The van der Waals surface area contributed by atoms with Crippen LogP contribution < -0.4 is 9.47 Å². The molecule has 0 fully saturated rings. The van der Waals surface area contributed by atoms with Crippen molar-refractivity contribution in [3.8, 4) is 17.2 Å². The summed E-state index contributed by atoms with van der Waals surface area (Å²) in [5, 5.41) is 9.74. The molecule has 0 aliphatic carbocycles. The van der Waals surface area contributed by atoms with Gasteiger partial charge in [-0.3, -0.25) is 4.79 Å². The highest BCUT2D eigenvalue weighted by Gasteiger charge is 2.13. The number of methoxy groups -OCH3 is 2. The molecule has 2 aromatic carbocycles. The molecule has 126 valence electrons. The molecule has 0 spiro atoms. The fraction of sp³-hybridized carbons (Fsp3) is 0.118. The SMILES string of the molecule is COc1cc(/C=C/C(=O)c2cc(F)c(Cl)cc2Cl)cc(OC)c1O. The van der Waals surface area contributed by atoms with Crippen LogP contribution in [-0.2, 0) is 0 Å². The maximum Gasteiger partial charge on any atom is 0.200 e. The Morgan fingerprint density at radius 1 is 1.08 bits per heavy atom. The molecule has 0 aliphatic heterocycles. The van der Waals surface area contributed by atoms with Gasteiger partial charge in [0.2, 0.25) is 5.75 Å². The topological polar surface area (TPSA) is 55.8 Å². The third-order valence-electron chi connectivity index (χ3n) is 3.20. The van der Waals surface area contributed by atoms with Gasteiger partial charge in [-0.2, -0.15) is 0 Å². The minimum Gasteiger partial charge on any atom is -0.502 e.